The molecule has 0 atom stereocenters. The minimum atomic E-state index is -0.562. The lowest BCUT2D eigenvalue weighted by Crippen LogP contribution is -2.35. The van der Waals surface area contributed by atoms with Gasteiger partial charge in [-0.25, -0.2) is 19.3 Å². The molecule has 8 heteroatoms. The molecule has 0 unspecified atom stereocenters. The summed E-state index contributed by atoms with van der Waals surface area (Å²) in [5.74, 6) is 0.803. The molecule has 146 valence electrons. The Bertz CT molecular complexity index is 984. The number of para-hydroxylation sites is 1. The zero-order valence-electron chi connectivity index (χ0n) is 15.4. The van der Waals surface area contributed by atoms with E-state index in [0.717, 1.165) is 32.1 Å². The second-order valence-corrected chi connectivity index (χ2v) is 7.44. The molecule has 1 N–H and O–H groups in total. The predicted molar refractivity (Wildman–Crippen MR) is 107 cm³/mol. The molecular formula is C20H22N4O3S. The Balaban J connectivity index is 1.86. The average Bonchev–Trinajstić information content (AvgIpc) is 3.14. The van der Waals surface area contributed by atoms with Gasteiger partial charge in [0.05, 0.1) is 12.4 Å². The molecule has 2 aromatic heterocycles. The van der Waals surface area contributed by atoms with Crippen molar-refractivity contribution in [3.63, 3.8) is 0 Å². The summed E-state index contributed by atoms with van der Waals surface area (Å²) in [7, 11) is 0. The van der Waals surface area contributed by atoms with Gasteiger partial charge in [-0.2, -0.15) is 17.7 Å². The lowest BCUT2D eigenvalue weighted by atomic mass is 9.69. The molecule has 0 spiro atoms. The highest BCUT2D eigenvalue weighted by Gasteiger charge is 2.41. The van der Waals surface area contributed by atoms with E-state index in [9.17, 15) is 9.90 Å². The van der Waals surface area contributed by atoms with Crippen molar-refractivity contribution < 1.29 is 14.6 Å². The largest absolute Gasteiger partial charge is 0.422 e. The van der Waals surface area contributed by atoms with E-state index >= 15 is 0 Å². The van der Waals surface area contributed by atoms with Crippen molar-refractivity contribution in [1.29, 1.82) is 0 Å². The van der Waals surface area contributed by atoms with Crippen LogP contribution in [-0.2, 0) is 11.2 Å². The molecule has 7 nitrogen and oxygen atoms in total. The number of ether oxygens (including phenoxy) is 1. The third-order valence-electron chi connectivity index (χ3n) is 5.37. The number of thiol groups is 1. The fourth-order valence-electron chi connectivity index (χ4n) is 3.95. The molecule has 0 saturated heterocycles. The van der Waals surface area contributed by atoms with Crippen LogP contribution in [0.1, 0.15) is 54.0 Å². The number of hydrogen-bond acceptors (Lipinski definition) is 7. The van der Waals surface area contributed by atoms with Crippen molar-refractivity contribution in [2.75, 3.05) is 6.61 Å². The topological polar surface area (TPSA) is 89.6 Å². The highest BCUT2D eigenvalue weighted by Crippen LogP contribution is 2.42. The molecule has 1 aliphatic rings. The van der Waals surface area contributed by atoms with Crippen LogP contribution in [0.25, 0.3) is 5.65 Å². The number of carbonyl (C=O) groups is 1. The fraction of sp³-hybridized carbons (Fsp3) is 0.400. The van der Waals surface area contributed by atoms with Crippen molar-refractivity contribution >= 4 is 24.2 Å². The second kappa shape index (κ2) is 7.89. The molecule has 1 fully saturated rings. The van der Waals surface area contributed by atoms with Crippen LogP contribution in [0.2, 0.25) is 0 Å². The minimum Gasteiger partial charge on any atom is -0.422 e. The van der Waals surface area contributed by atoms with Gasteiger partial charge in [-0.05, 0) is 25.0 Å². The van der Waals surface area contributed by atoms with Gasteiger partial charge < -0.3 is 9.84 Å². The van der Waals surface area contributed by atoms with E-state index in [1.807, 2.05) is 6.07 Å². The van der Waals surface area contributed by atoms with E-state index in [1.54, 1.807) is 24.3 Å². The van der Waals surface area contributed by atoms with Gasteiger partial charge in [-0.3, -0.25) is 0 Å². The van der Waals surface area contributed by atoms with Crippen molar-refractivity contribution in [2.24, 2.45) is 0 Å². The maximum Gasteiger partial charge on any atom is 0.364 e. The normalized spacial score (nSPS) is 16.2. The Morgan fingerprint density at radius 1 is 1.21 bits per heavy atom. The maximum absolute atomic E-state index is 13.0. The second-order valence-electron chi connectivity index (χ2n) is 7.12. The van der Waals surface area contributed by atoms with Gasteiger partial charge in [0.15, 0.2) is 11.3 Å². The number of rotatable bonds is 5. The van der Waals surface area contributed by atoms with Crippen LogP contribution in [-0.4, -0.2) is 37.3 Å². The van der Waals surface area contributed by atoms with Gasteiger partial charge in [0.25, 0.3) is 0 Å². The molecule has 0 radical (unpaired) electrons. The zero-order chi connectivity index (χ0) is 19.6. The quantitative estimate of drug-likeness (QED) is 0.390. The molecule has 0 aliphatic heterocycles. The highest BCUT2D eigenvalue weighted by molar-refractivity contribution is 7.79. The van der Waals surface area contributed by atoms with Crippen molar-refractivity contribution in [1.82, 2.24) is 19.6 Å². The summed E-state index contributed by atoms with van der Waals surface area (Å²) in [4.78, 5) is 21.8. The summed E-state index contributed by atoms with van der Waals surface area (Å²) >= 11 is 4.26. The zero-order valence-corrected chi connectivity index (χ0v) is 16.3. The Morgan fingerprint density at radius 3 is 2.64 bits per heavy atom. The van der Waals surface area contributed by atoms with E-state index in [-0.39, 0.29) is 12.3 Å². The minimum absolute atomic E-state index is 0.0693. The molecular weight excluding hydrogens is 376 g/mol. The summed E-state index contributed by atoms with van der Waals surface area (Å²) in [6, 6.07) is 8.89. The third kappa shape index (κ3) is 3.38. The first-order chi connectivity index (χ1) is 13.7. The Kier molecular flexibility index (Phi) is 5.32. The molecule has 28 heavy (non-hydrogen) atoms. The number of benzene rings is 1. The van der Waals surface area contributed by atoms with Crippen molar-refractivity contribution in [3.8, 4) is 5.75 Å². The van der Waals surface area contributed by atoms with Crippen molar-refractivity contribution in [2.45, 2.75) is 43.3 Å². The summed E-state index contributed by atoms with van der Waals surface area (Å²) in [5, 5.41) is 14.8. The van der Waals surface area contributed by atoms with Crippen LogP contribution in [0.3, 0.4) is 0 Å². The molecule has 1 aromatic carbocycles. The Morgan fingerprint density at radius 2 is 1.96 bits per heavy atom. The number of carbonyl (C=O) groups excluding carboxylic acids is 1. The number of aromatic nitrogens is 4. The molecule has 0 bridgehead atoms. The van der Waals surface area contributed by atoms with E-state index in [4.69, 9.17) is 4.74 Å². The summed E-state index contributed by atoms with van der Waals surface area (Å²) in [6.07, 6.45) is 6.16. The van der Waals surface area contributed by atoms with Crippen LogP contribution in [0.15, 0.2) is 36.7 Å². The SMILES string of the molecule is O=C(Oc1ccccc1)c1nn2cnc(CS)nc2c1C1(CO)CCCCC1. The summed E-state index contributed by atoms with van der Waals surface area (Å²) in [5.41, 5.74) is 0.814. The van der Waals surface area contributed by atoms with Crippen LogP contribution < -0.4 is 4.74 Å². The summed E-state index contributed by atoms with van der Waals surface area (Å²) < 4.78 is 7.04. The molecule has 4 rings (SSSR count). The van der Waals surface area contributed by atoms with Crippen LogP contribution in [0.5, 0.6) is 5.75 Å². The first kappa shape index (κ1) is 18.9. The van der Waals surface area contributed by atoms with Gasteiger partial charge in [0.1, 0.15) is 17.9 Å². The number of esters is 1. The number of hydrogen-bond donors (Lipinski definition) is 2. The monoisotopic (exact) mass is 398 g/mol. The van der Waals surface area contributed by atoms with Gasteiger partial charge in [0, 0.05) is 11.0 Å². The van der Waals surface area contributed by atoms with Gasteiger partial charge in [-0.1, -0.05) is 37.5 Å². The van der Waals surface area contributed by atoms with Crippen LogP contribution >= 0.6 is 12.6 Å². The fourth-order valence-corrected chi connectivity index (χ4v) is 4.11. The Hall–Kier alpha value is -2.45. The molecule has 1 saturated carbocycles. The highest BCUT2D eigenvalue weighted by atomic mass is 32.1. The summed E-state index contributed by atoms with van der Waals surface area (Å²) in [6.45, 7) is -0.0693. The smallest absolute Gasteiger partial charge is 0.364 e. The Labute approximate surface area is 168 Å². The number of aliphatic hydroxyl groups excluding tert-OH is 1. The van der Waals surface area contributed by atoms with Crippen LogP contribution in [0.4, 0.5) is 0 Å². The van der Waals surface area contributed by atoms with Crippen molar-refractivity contribution in [3.05, 3.63) is 53.7 Å². The average molecular weight is 398 g/mol. The lowest BCUT2D eigenvalue weighted by Gasteiger charge is -2.35. The first-order valence-electron chi connectivity index (χ1n) is 9.40. The van der Waals surface area contributed by atoms with Gasteiger partial charge in [-0.15, -0.1) is 0 Å². The number of nitrogens with zero attached hydrogens (tertiary/aromatic N) is 4. The predicted octanol–water partition coefficient (Wildman–Crippen LogP) is 2.97. The van der Waals surface area contributed by atoms with Gasteiger partial charge in [0.2, 0.25) is 0 Å². The van der Waals surface area contributed by atoms with E-state index < -0.39 is 11.4 Å². The van der Waals surface area contributed by atoms with E-state index in [1.165, 1.54) is 10.8 Å². The van der Waals surface area contributed by atoms with E-state index in [2.05, 4.69) is 27.7 Å². The van der Waals surface area contributed by atoms with Crippen LogP contribution in [0, 0.1) is 0 Å². The third-order valence-corrected chi connectivity index (χ3v) is 5.65. The molecule has 0 amide bonds. The molecule has 1 aliphatic carbocycles. The number of fused-ring (bicyclic) bond motifs is 1. The molecule has 2 heterocycles. The number of aliphatic hydroxyl groups is 1. The lowest BCUT2D eigenvalue weighted by molar-refractivity contribution is 0.0720. The van der Waals surface area contributed by atoms with E-state index in [0.29, 0.717) is 28.5 Å². The first-order valence-corrected chi connectivity index (χ1v) is 10.0. The standard InChI is InChI=1S/C20H22N4O3S/c25-12-20(9-5-2-6-10-20)16-17(19(26)27-14-7-3-1-4-8-14)23-24-13-21-15(11-28)22-18(16)24/h1,3-4,7-8,13,25,28H,2,5-6,9-12H2. The molecule has 3 aromatic rings. The van der Waals surface area contributed by atoms with Gasteiger partial charge >= 0.3 is 5.97 Å². The maximum atomic E-state index is 13.0.